The van der Waals surface area contributed by atoms with Crippen molar-refractivity contribution in [3.8, 4) is 0 Å². The minimum atomic E-state index is -0.686. The van der Waals surface area contributed by atoms with Crippen LogP contribution >= 0.6 is 0 Å². The van der Waals surface area contributed by atoms with E-state index in [4.69, 9.17) is 0 Å². The lowest BCUT2D eigenvalue weighted by Gasteiger charge is -2.48. The summed E-state index contributed by atoms with van der Waals surface area (Å²) < 4.78 is -0.686. The molecule has 0 aromatic rings. The molecule has 5 unspecified atom stereocenters. The van der Waals surface area contributed by atoms with E-state index in [-0.39, 0.29) is 5.91 Å². The maximum Gasteiger partial charge on any atom is 0.339 e. The molecule has 2 rings (SSSR count). The molecule has 0 saturated heterocycles. The summed E-state index contributed by atoms with van der Waals surface area (Å²) in [7, 11) is 0. The Hall–Kier alpha value is -0.670. The number of nitrogens with zero attached hydrogens (tertiary/aromatic N) is 1. The molecular formula is C42H79NO2. The van der Waals surface area contributed by atoms with E-state index in [1.165, 1.54) is 173 Å². The Morgan fingerprint density at radius 1 is 0.600 bits per heavy atom. The first-order valence-electron chi connectivity index (χ1n) is 20.6. The van der Waals surface area contributed by atoms with Gasteiger partial charge in [0.25, 0.3) is 0 Å². The predicted molar refractivity (Wildman–Crippen MR) is 197 cm³/mol. The molecule has 45 heavy (non-hydrogen) atoms. The Labute approximate surface area is 282 Å². The summed E-state index contributed by atoms with van der Waals surface area (Å²) >= 11 is 0. The average molecular weight is 630 g/mol. The second kappa shape index (κ2) is 23.6. The molecule has 0 spiro atoms. The van der Waals surface area contributed by atoms with Crippen molar-refractivity contribution >= 4 is 5.91 Å². The standard InChI is InChI=1S/C42H79NO2/c1-6-9-12-15-19-24-30-39-37(28-22-14-11-8-3)33-34-38(40(39)31-25-20-16-13-10-7-2)29-23-18-17-21-26-35-42(4,5)43(45)36-27-32-41(43)44/h27,32,37-40H,6-26,28-31,33-36H2,1-5H3. The van der Waals surface area contributed by atoms with E-state index in [1.807, 2.05) is 13.8 Å². The quantitative estimate of drug-likeness (QED) is 0.0491. The highest BCUT2D eigenvalue weighted by atomic mass is 16.6. The second-order valence-electron chi connectivity index (χ2n) is 16.2. The van der Waals surface area contributed by atoms with Gasteiger partial charge in [0.2, 0.25) is 0 Å². The number of hydrogen-bond donors (Lipinski definition) is 0. The number of carbonyl (C=O) groups excluding carboxylic acids is 1. The first-order valence-corrected chi connectivity index (χ1v) is 20.6. The van der Waals surface area contributed by atoms with Crippen molar-refractivity contribution in [3.63, 3.8) is 0 Å². The fourth-order valence-electron chi connectivity index (χ4n) is 9.06. The number of rotatable bonds is 28. The van der Waals surface area contributed by atoms with Gasteiger partial charge in [-0.3, -0.25) is 4.65 Å². The zero-order valence-electron chi connectivity index (χ0n) is 31.2. The molecule has 0 aromatic heterocycles. The molecule has 1 amide bonds. The molecular weight excluding hydrogens is 550 g/mol. The van der Waals surface area contributed by atoms with Gasteiger partial charge in [-0.25, -0.2) is 4.79 Å². The summed E-state index contributed by atoms with van der Waals surface area (Å²) in [5, 5.41) is 13.2. The van der Waals surface area contributed by atoms with Gasteiger partial charge in [-0.2, -0.15) is 0 Å². The number of hydroxylamine groups is 3. The Morgan fingerprint density at radius 2 is 0.978 bits per heavy atom. The van der Waals surface area contributed by atoms with E-state index in [0.29, 0.717) is 6.54 Å². The number of hydrogen-bond acceptors (Lipinski definition) is 2. The topological polar surface area (TPSA) is 40.1 Å². The van der Waals surface area contributed by atoms with Crippen molar-refractivity contribution in [2.45, 2.75) is 220 Å². The third kappa shape index (κ3) is 14.5. The third-order valence-electron chi connectivity index (χ3n) is 12.2. The maximum absolute atomic E-state index is 13.2. The summed E-state index contributed by atoms with van der Waals surface area (Å²) in [5.74, 6) is 3.64. The molecule has 1 heterocycles. The minimum absolute atomic E-state index is 0.263. The van der Waals surface area contributed by atoms with E-state index in [2.05, 4.69) is 20.8 Å². The smallest absolute Gasteiger partial charge is 0.339 e. The van der Waals surface area contributed by atoms with E-state index < -0.39 is 10.2 Å². The lowest BCUT2D eigenvalue weighted by Crippen LogP contribution is -2.58. The van der Waals surface area contributed by atoms with Crippen LogP contribution in [0.5, 0.6) is 0 Å². The monoisotopic (exact) mass is 630 g/mol. The van der Waals surface area contributed by atoms with Crippen LogP contribution < -0.4 is 0 Å². The van der Waals surface area contributed by atoms with Crippen LogP contribution in [0.25, 0.3) is 0 Å². The largest absolute Gasteiger partial charge is 0.624 e. The molecule has 3 nitrogen and oxygen atoms in total. The molecule has 1 saturated carbocycles. The Morgan fingerprint density at radius 3 is 1.40 bits per heavy atom. The number of unbranched alkanes of at least 4 members (excludes halogenated alkanes) is 17. The summed E-state index contributed by atoms with van der Waals surface area (Å²) in [5.41, 5.74) is -0.523. The fraction of sp³-hybridized carbons (Fsp3) is 0.929. The molecule has 5 atom stereocenters. The van der Waals surface area contributed by atoms with Gasteiger partial charge < -0.3 is 5.21 Å². The molecule has 2 aliphatic rings. The van der Waals surface area contributed by atoms with Crippen molar-refractivity contribution in [1.29, 1.82) is 0 Å². The first-order chi connectivity index (χ1) is 21.8. The highest BCUT2D eigenvalue weighted by molar-refractivity contribution is 5.84. The van der Waals surface area contributed by atoms with Gasteiger partial charge >= 0.3 is 5.91 Å². The molecule has 264 valence electrons. The molecule has 0 N–H and O–H groups in total. The SMILES string of the molecule is CCCCCCCCC1C(CCCCCC)CCC(CCCCCCCC(C)(C)[N+]2([O-])CC=CC2=O)C1CCCCCCCC. The second-order valence-corrected chi connectivity index (χ2v) is 16.2. The number of quaternary nitrogens is 1. The molecule has 0 radical (unpaired) electrons. The van der Waals surface area contributed by atoms with Gasteiger partial charge in [0.1, 0.15) is 12.1 Å². The summed E-state index contributed by atoms with van der Waals surface area (Å²) in [6.07, 6.45) is 42.1. The third-order valence-corrected chi connectivity index (χ3v) is 12.2. The lowest BCUT2D eigenvalue weighted by molar-refractivity contribution is -0.845. The van der Waals surface area contributed by atoms with E-state index >= 15 is 0 Å². The highest BCUT2D eigenvalue weighted by Gasteiger charge is 2.43. The lowest BCUT2D eigenvalue weighted by atomic mass is 9.61. The van der Waals surface area contributed by atoms with Crippen molar-refractivity contribution in [2.24, 2.45) is 23.7 Å². The van der Waals surface area contributed by atoms with Crippen LogP contribution in [-0.2, 0) is 4.79 Å². The van der Waals surface area contributed by atoms with Gasteiger partial charge in [-0.1, -0.05) is 162 Å². The van der Waals surface area contributed by atoms with E-state index in [0.717, 1.165) is 36.5 Å². The molecule has 3 heteroatoms. The van der Waals surface area contributed by atoms with Crippen molar-refractivity contribution in [3.05, 3.63) is 17.4 Å². The molecule has 1 aliphatic carbocycles. The highest BCUT2D eigenvalue weighted by Crippen LogP contribution is 2.48. The predicted octanol–water partition coefficient (Wildman–Crippen LogP) is 13.6. The number of amides is 1. The van der Waals surface area contributed by atoms with Crippen molar-refractivity contribution in [1.82, 2.24) is 0 Å². The van der Waals surface area contributed by atoms with Gasteiger partial charge in [-0.05, 0) is 75.7 Å². The average Bonchev–Trinajstić information content (AvgIpc) is 3.38. The van der Waals surface area contributed by atoms with Crippen LogP contribution in [0.3, 0.4) is 0 Å². The first kappa shape index (κ1) is 40.5. The minimum Gasteiger partial charge on any atom is -0.624 e. The van der Waals surface area contributed by atoms with Crippen LogP contribution in [0.15, 0.2) is 12.2 Å². The molecule has 0 bridgehead atoms. The Bertz CT molecular complexity index is 775. The Kier molecular flexibility index (Phi) is 21.3. The van der Waals surface area contributed by atoms with Crippen LogP contribution in [0.2, 0.25) is 0 Å². The number of carbonyl (C=O) groups is 1. The molecule has 1 fully saturated rings. The van der Waals surface area contributed by atoms with Crippen molar-refractivity contribution < 1.29 is 9.44 Å². The fourth-order valence-corrected chi connectivity index (χ4v) is 9.06. The molecule has 0 aromatic carbocycles. The zero-order chi connectivity index (χ0) is 32.8. The van der Waals surface area contributed by atoms with Crippen molar-refractivity contribution in [2.75, 3.05) is 6.54 Å². The van der Waals surface area contributed by atoms with E-state index in [9.17, 15) is 10.0 Å². The summed E-state index contributed by atoms with van der Waals surface area (Å²) in [4.78, 5) is 12.2. The zero-order valence-corrected chi connectivity index (χ0v) is 31.2. The van der Waals surface area contributed by atoms with Gasteiger partial charge in [-0.15, -0.1) is 0 Å². The van der Waals surface area contributed by atoms with Crippen LogP contribution in [-0.4, -0.2) is 22.6 Å². The van der Waals surface area contributed by atoms with E-state index in [1.54, 1.807) is 6.08 Å². The van der Waals surface area contributed by atoms with Gasteiger partial charge in [0, 0.05) is 12.5 Å². The van der Waals surface area contributed by atoms with Gasteiger partial charge in [0.05, 0.1) is 0 Å². The van der Waals surface area contributed by atoms with Crippen LogP contribution in [0, 0.1) is 28.9 Å². The molecule has 1 aliphatic heterocycles. The van der Waals surface area contributed by atoms with Gasteiger partial charge in [0.15, 0.2) is 0 Å². The normalized spacial score (nSPS) is 25.4. The summed E-state index contributed by atoms with van der Waals surface area (Å²) in [6.45, 7) is 11.3. The maximum atomic E-state index is 13.2. The van der Waals surface area contributed by atoms with Crippen LogP contribution in [0.4, 0.5) is 0 Å². The van der Waals surface area contributed by atoms with Crippen LogP contribution in [0.1, 0.15) is 214 Å². The Balaban J connectivity index is 1.89. The summed E-state index contributed by atoms with van der Waals surface area (Å²) in [6, 6.07) is 0.